The summed E-state index contributed by atoms with van der Waals surface area (Å²) in [7, 11) is -2.71. The lowest BCUT2D eigenvalue weighted by Crippen LogP contribution is -2.52. The minimum atomic E-state index is -4.18. The molecule has 8 nitrogen and oxygen atoms in total. The third kappa shape index (κ3) is 8.38. The van der Waals surface area contributed by atoms with E-state index in [0.717, 1.165) is 4.31 Å². The molecule has 0 bridgehead atoms. The predicted octanol–water partition coefficient (Wildman–Crippen LogP) is 5.78. The highest BCUT2D eigenvalue weighted by Crippen LogP contribution is 2.28. The molecule has 1 unspecified atom stereocenters. The number of methoxy groups -OCH3 is 1. The van der Waals surface area contributed by atoms with Crippen LogP contribution in [-0.2, 0) is 26.2 Å². The molecule has 0 fully saturated rings. The first-order valence-corrected chi connectivity index (χ1v) is 15.4. The van der Waals surface area contributed by atoms with E-state index >= 15 is 0 Å². The van der Waals surface area contributed by atoms with E-state index in [0.29, 0.717) is 34.3 Å². The second kappa shape index (κ2) is 14.6. The number of carbonyl (C=O) groups is 2. The number of ether oxygens (including phenoxy) is 1. The Labute approximate surface area is 252 Å². The van der Waals surface area contributed by atoms with E-state index < -0.39 is 28.5 Å². The highest BCUT2D eigenvalue weighted by molar-refractivity contribution is 7.92. The topological polar surface area (TPSA) is 96.0 Å². The normalized spacial score (nSPS) is 12.1. The molecule has 3 aromatic rings. The van der Waals surface area contributed by atoms with Crippen LogP contribution in [0, 0.1) is 5.92 Å². The van der Waals surface area contributed by atoms with Crippen molar-refractivity contribution in [3.05, 3.63) is 88.4 Å². The second-order valence-electron chi connectivity index (χ2n) is 9.85. The number of hydrogen-bond acceptors (Lipinski definition) is 5. The smallest absolute Gasteiger partial charge is 0.264 e. The van der Waals surface area contributed by atoms with Crippen LogP contribution < -0.4 is 14.4 Å². The van der Waals surface area contributed by atoms with Gasteiger partial charge in [-0.1, -0.05) is 74.3 Å². The van der Waals surface area contributed by atoms with E-state index in [4.69, 9.17) is 27.9 Å². The molecule has 41 heavy (non-hydrogen) atoms. The molecule has 1 N–H and O–H groups in total. The summed E-state index contributed by atoms with van der Waals surface area (Å²) in [5.74, 6) is -0.290. The first kappa shape index (κ1) is 32.2. The number of nitrogens with one attached hydrogen (secondary N) is 1. The van der Waals surface area contributed by atoms with Crippen LogP contribution in [0.5, 0.6) is 5.75 Å². The van der Waals surface area contributed by atoms with Gasteiger partial charge in [0.15, 0.2) is 0 Å². The summed E-state index contributed by atoms with van der Waals surface area (Å²) >= 11 is 12.5. The summed E-state index contributed by atoms with van der Waals surface area (Å²) in [6, 6.07) is 18.3. The summed E-state index contributed by atoms with van der Waals surface area (Å²) in [6.07, 6.45) is 0.297. The minimum absolute atomic E-state index is 0.0182. The highest BCUT2D eigenvalue weighted by Gasteiger charge is 2.34. The fraction of sp³-hybridized carbons (Fsp3) is 0.333. The Morgan fingerprint density at radius 2 is 1.68 bits per heavy atom. The van der Waals surface area contributed by atoms with Crippen LogP contribution in [0.4, 0.5) is 5.69 Å². The number of benzene rings is 3. The van der Waals surface area contributed by atoms with Gasteiger partial charge in [-0.3, -0.25) is 13.9 Å². The quantitative estimate of drug-likeness (QED) is 0.262. The number of sulfonamides is 1. The van der Waals surface area contributed by atoms with Crippen LogP contribution in [0.2, 0.25) is 10.0 Å². The van der Waals surface area contributed by atoms with Crippen molar-refractivity contribution in [3.63, 3.8) is 0 Å². The van der Waals surface area contributed by atoms with Crippen LogP contribution >= 0.6 is 23.2 Å². The van der Waals surface area contributed by atoms with Crippen LogP contribution in [0.1, 0.15) is 32.8 Å². The minimum Gasteiger partial charge on any atom is -0.497 e. The fourth-order valence-corrected chi connectivity index (χ4v) is 6.08. The molecule has 0 aliphatic carbocycles. The number of rotatable bonds is 13. The Bertz CT molecular complexity index is 1450. The van der Waals surface area contributed by atoms with Crippen molar-refractivity contribution in [2.24, 2.45) is 5.92 Å². The van der Waals surface area contributed by atoms with Gasteiger partial charge < -0.3 is 15.0 Å². The monoisotopic (exact) mass is 619 g/mol. The zero-order valence-electron chi connectivity index (χ0n) is 23.5. The van der Waals surface area contributed by atoms with E-state index in [1.807, 2.05) is 13.8 Å². The maximum absolute atomic E-state index is 14.1. The Morgan fingerprint density at radius 1 is 0.976 bits per heavy atom. The standard InChI is InChI=1S/C30H35Cl2N3O5S/c1-5-28(30(37)33-18-21(2)3)34(19-22-14-15-23(31)16-27(22)32)29(36)20-35(24-10-9-11-25(17-24)40-4)41(38,39)26-12-7-6-8-13-26/h6-17,21,28H,5,18-20H2,1-4H3,(H,33,37). The SMILES string of the molecule is CCC(C(=O)NCC(C)C)N(Cc1ccc(Cl)cc1Cl)C(=O)CN(c1cccc(OC)c1)S(=O)(=O)c1ccccc1. The first-order chi connectivity index (χ1) is 19.5. The van der Waals surface area contributed by atoms with Crippen molar-refractivity contribution in [1.82, 2.24) is 10.2 Å². The van der Waals surface area contributed by atoms with Crippen LogP contribution in [0.3, 0.4) is 0 Å². The second-order valence-corrected chi connectivity index (χ2v) is 12.6. The zero-order chi connectivity index (χ0) is 30.2. The van der Waals surface area contributed by atoms with Gasteiger partial charge in [0.2, 0.25) is 11.8 Å². The predicted molar refractivity (Wildman–Crippen MR) is 163 cm³/mol. The fourth-order valence-electron chi connectivity index (χ4n) is 4.19. The molecule has 0 aliphatic rings. The molecule has 11 heteroatoms. The van der Waals surface area contributed by atoms with Crippen molar-refractivity contribution in [2.75, 3.05) is 24.5 Å². The lowest BCUT2D eigenvalue weighted by molar-refractivity contribution is -0.140. The largest absolute Gasteiger partial charge is 0.497 e. The van der Waals surface area contributed by atoms with Gasteiger partial charge in [-0.05, 0) is 54.3 Å². The average molecular weight is 621 g/mol. The molecule has 0 heterocycles. The van der Waals surface area contributed by atoms with E-state index in [-0.39, 0.29) is 29.0 Å². The first-order valence-electron chi connectivity index (χ1n) is 13.2. The molecule has 0 aromatic heterocycles. The highest BCUT2D eigenvalue weighted by atomic mass is 35.5. The van der Waals surface area contributed by atoms with Crippen molar-refractivity contribution in [3.8, 4) is 5.75 Å². The maximum Gasteiger partial charge on any atom is 0.264 e. The number of halogens is 2. The van der Waals surface area contributed by atoms with Gasteiger partial charge in [-0.15, -0.1) is 0 Å². The van der Waals surface area contributed by atoms with Gasteiger partial charge in [-0.25, -0.2) is 8.42 Å². The number of carbonyl (C=O) groups excluding carboxylic acids is 2. The van der Waals surface area contributed by atoms with Crippen molar-refractivity contribution in [1.29, 1.82) is 0 Å². The maximum atomic E-state index is 14.1. The van der Waals surface area contributed by atoms with E-state index in [1.165, 1.54) is 24.1 Å². The van der Waals surface area contributed by atoms with Gasteiger partial charge in [0.1, 0.15) is 18.3 Å². The average Bonchev–Trinajstić information content (AvgIpc) is 2.96. The Kier molecular flexibility index (Phi) is 11.5. The molecule has 0 spiro atoms. The van der Waals surface area contributed by atoms with Gasteiger partial charge in [0.05, 0.1) is 17.7 Å². The summed E-state index contributed by atoms with van der Waals surface area (Å²) in [4.78, 5) is 28.8. The number of anilines is 1. The third-order valence-electron chi connectivity index (χ3n) is 6.38. The molecule has 0 radical (unpaired) electrons. The van der Waals surface area contributed by atoms with Gasteiger partial charge in [0, 0.05) is 29.2 Å². The summed E-state index contributed by atoms with van der Waals surface area (Å²) in [6.45, 7) is 5.57. The number of nitrogens with zero attached hydrogens (tertiary/aromatic N) is 2. The molecule has 2 amide bonds. The molecule has 3 rings (SSSR count). The van der Waals surface area contributed by atoms with Crippen molar-refractivity contribution < 1.29 is 22.7 Å². The van der Waals surface area contributed by atoms with E-state index in [2.05, 4.69) is 5.32 Å². The molecule has 1 atom stereocenters. The molecular formula is C30H35Cl2N3O5S. The van der Waals surface area contributed by atoms with Crippen LogP contribution in [0.25, 0.3) is 0 Å². The lowest BCUT2D eigenvalue weighted by atomic mass is 10.1. The summed E-state index contributed by atoms with van der Waals surface area (Å²) in [5, 5.41) is 3.65. The summed E-state index contributed by atoms with van der Waals surface area (Å²) in [5.41, 5.74) is 0.807. The lowest BCUT2D eigenvalue weighted by Gasteiger charge is -2.33. The zero-order valence-corrected chi connectivity index (χ0v) is 25.8. The van der Waals surface area contributed by atoms with Gasteiger partial charge >= 0.3 is 0 Å². The van der Waals surface area contributed by atoms with E-state index in [1.54, 1.807) is 67.6 Å². The van der Waals surface area contributed by atoms with Crippen molar-refractivity contribution in [2.45, 2.75) is 44.7 Å². The van der Waals surface area contributed by atoms with Gasteiger partial charge in [-0.2, -0.15) is 0 Å². The number of hydrogen-bond donors (Lipinski definition) is 1. The molecule has 220 valence electrons. The Morgan fingerprint density at radius 3 is 2.29 bits per heavy atom. The third-order valence-corrected chi connectivity index (χ3v) is 8.75. The Hall–Kier alpha value is -3.27. The molecule has 0 saturated carbocycles. The number of amides is 2. The van der Waals surface area contributed by atoms with E-state index in [9.17, 15) is 18.0 Å². The molecule has 0 saturated heterocycles. The van der Waals surface area contributed by atoms with Crippen LogP contribution in [-0.4, -0.2) is 51.4 Å². The molecule has 0 aliphatic heterocycles. The molecule has 3 aromatic carbocycles. The summed E-state index contributed by atoms with van der Waals surface area (Å²) < 4.78 is 34.1. The van der Waals surface area contributed by atoms with Crippen LogP contribution in [0.15, 0.2) is 77.7 Å². The van der Waals surface area contributed by atoms with Crippen molar-refractivity contribution >= 4 is 50.7 Å². The van der Waals surface area contributed by atoms with Gasteiger partial charge in [0.25, 0.3) is 10.0 Å². The Balaban J connectivity index is 2.08. The molecular weight excluding hydrogens is 585 g/mol.